The molecule has 0 unspecified atom stereocenters. The summed E-state index contributed by atoms with van der Waals surface area (Å²) in [6.07, 6.45) is 6.27. The van der Waals surface area contributed by atoms with Crippen LogP contribution in [0, 0.1) is 32.1 Å². The minimum absolute atomic E-state index is 0.169. The Morgan fingerprint density at radius 3 is 2.82 bits per heavy atom. The standard InChI is InChI=1S/C26H23ClN4OS2/c1-14-11-17(16(3)31(14)25-19(13-28)18-7-4-5-10-22(18)33-25)12-23-24(32)30-26(34-23)29-21-9-6-8-20(27)15(21)2/h6,8-9,11-12H,4-5,7,10H2,1-3H3,(H,29,30,32)/b23-12-. The zero-order valence-electron chi connectivity index (χ0n) is 19.2. The quantitative estimate of drug-likeness (QED) is 0.399. The SMILES string of the molecule is Cc1c(Cl)cccc1N=C1NC(=O)/C(=C/c2cc(C)n(-c3sc4c(c3C#N)CCCC4)c2C)S1. The Morgan fingerprint density at radius 2 is 2.03 bits per heavy atom. The van der Waals surface area contributed by atoms with Crippen molar-refractivity contribution in [3.05, 3.63) is 72.7 Å². The number of carbonyl (C=O) groups excluding carboxylic acids is 1. The molecule has 0 radical (unpaired) electrons. The Labute approximate surface area is 212 Å². The van der Waals surface area contributed by atoms with E-state index in [0.29, 0.717) is 15.1 Å². The number of nitrogens with zero attached hydrogens (tertiary/aromatic N) is 3. The maximum atomic E-state index is 12.7. The third kappa shape index (κ3) is 4.00. The van der Waals surface area contributed by atoms with Gasteiger partial charge in [-0.25, -0.2) is 4.99 Å². The molecule has 5 nitrogen and oxygen atoms in total. The summed E-state index contributed by atoms with van der Waals surface area (Å²) in [6, 6.07) is 10.1. The molecule has 34 heavy (non-hydrogen) atoms. The van der Waals surface area contributed by atoms with Crippen LogP contribution in [0.2, 0.25) is 5.02 Å². The highest BCUT2D eigenvalue weighted by Gasteiger charge is 2.26. The molecule has 1 fully saturated rings. The zero-order valence-corrected chi connectivity index (χ0v) is 21.5. The number of amides is 1. The average molecular weight is 507 g/mol. The molecule has 0 saturated carbocycles. The summed E-state index contributed by atoms with van der Waals surface area (Å²) in [5.74, 6) is -0.169. The van der Waals surface area contributed by atoms with Gasteiger partial charge >= 0.3 is 0 Å². The van der Waals surface area contributed by atoms with Crippen molar-refractivity contribution in [2.45, 2.75) is 46.5 Å². The lowest BCUT2D eigenvalue weighted by atomic mass is 9.96. The summed E-state index contributed by atoms with van der Waals surface area (Å²) < 4.78 is 2.16. The topological polar surface area (TPSA) is 70.2 Å². The second-order valence-corrected chi connectivity index (χ2v) is 11.1. The number of fused-ring (bicyclic) bond motifs is 1. The second kappa shape index (κ2) is 9.10. The number of aliphatic imine (C=N–C) groups is 1. The highest BCUT2D eigenvalue weighted by atomic mass is 35.5. The fourth-order valence-corrected chi connectivity index (χ4v) is 6.96. The third-order valence-corrected chi connectivity index (χ3v) is 8.93. The number of thioether (sulfide) groups is 1. The minimum Gasteiger partial charge on any atom is -0.308 e. The number of benzene rings is 1. The molecule has 0 atom stereocenters. The number of halogens is 1. The van der Waals surface area contributed by atoms with Crippen LogP contribution in [0.3, 0.4) is 0 Å². The molecule has 8 heteroatoms. The summed E-state index contributed by atoms with van der Waals surface area (Å²) in [7, 11) is 0. The van der Waals surface area contributed by atoms with Gasteiger partial charge in [0.15, 0.2) is 5.17 Å². The van der Waals surface area contributed by atoms with Gasteiger partial charge in [-0.2, -0.15) is 5.26 Å². The molecule has 0 bridgehead atoms. The summed E-state index contributed by atoms with van der Waals surface area (Å²) in [4.78, 5) is 19.2. The second-order valence-electron chi connectivity index (χ2n) is 8.53. The smallest absolute Gasteiger partial charge is 0.264 e. The van der Waals surface area contributed by atoms with Crippen LogP contribution in [-0.2, 0) is 17.6 Å². The first-order chi connectivity index (χ1) is 16.4. The number of aryl methyl sites for hydroxylation is 2. The van der Waals surface area contributed by atoms with E-state index in [2.05, 4.69) is 27.0 Å². The summed E-state index contributed by atoms with van der Waals surface area (Å²) in [6.45, 7) is 6.00. The lowest BCUT2D eigenvalue weighted by molar-refractivity contribution is -0.115. The molecule has 172 valence electrons. The van der Waals surface area contributed by atoms with E-state index in [-0.39, 0.29) is 5.91 Å². The highest BCUT2D eigenvalue weighted by molar-refractivity contribution is 8.18. The van der Waals surface area contributed by atoms with Crippen molar-refractivity contribution in [1.82, 2.24) is 9.88 Å². The number of nitrogens with one attached hydrogen (secondary N) is 1. The molecule has 1 aromatic carbocycles. The summed E-state index contributed by atoms with van der Waals surface area (Å²) in [5, 5.41) is 15.0. The molecular weight excluding hydrogens is 484 g/mol. The van der Waals surface area contributed by atoms with E-state index >= 15 is 0 Å². The first-order valence-electron chi connectivity index (χ1n) is 11.2. The Kier molecular flexibility index (Phi) is 6.15. The molecular formula is C26H23ClN4OS2. The average Bonchev–Trinajstić information content (AvgIpc) is 3.44. The number of rotatable bonds is 3. The highest BCUT2D eigenvalue weighted by Crippen LogP contribution is 2.39. The van der Waals surface area contributed by atoms with Crippen molar-refractivity contribution < 1.29 is 4.79 Å². The van der Waals surface area contributed by atoms with E-state index < -0.39 is 0 Å². The molecule has 0 spiro atoms. The van der Waals surface area contributed by atoms with Gasteiger partial charge in [-0.05, 0) is 99.2 Å². The van der Waals surface area contributed by atoms with Gasteiger partial charge in [0.2, 0.25) is 0 Å². The van der Waals surface area contributed by atoms with Gasteiger partial charge in [-0.1, -0.05) is 17.7 Å². The Hall–Kier alpha value is -2.79. The first-order valence-corrected chi connectivity index (χ1v) is 13.2. The summed E-state index contributed by atoms with van der Waals surface area (Å²) >= 11 is 9.26. The third-order valence-electron chi connectivity index (χ3n) is 6.34. The molecule has 1 N–H and O–H groups in total. The molecule has 3 heterocycles. The summed E-state index contributed by atoms with van der Waals surface area (Å²) in [5.41, 5.74) is 6.67. The predicted molar refractivity (Wildman–Crippen MR) is 141 cm³/mol. The van der Waals surface area contributed by atoms with Gasteiger partial charge in [0.05, 0.1) is 16.2 Å². The monoisotopic (exact) mass is 506 g/mol. The number of amidine groups is 1. The molecule has 1 aliphatic carbocycles. The van der Waals surface area contributed by atoms with Crippen LogP contribution < -0.4 is 5.32 Å². The molecule has 1 saturated heterocycles. The Balaban J connectivity index is 1.49. The molecule has 2 aromatic heterocycles. The number of nitriles is 1. The minimum atomic E-state index is -0.169. The van der Waals surface area contributed by atoms with Gasteiger partial charge in [0, 0.05) is 21.3 Å². The van der Waals surface area contributed by atoms with Gasteiger partial charge < -0.3 is 9.88 Å². The van der Waals surface area contributed by atoms with Crippen molar-refractivity contribution in [3.8, 4) is 11.1 Å². The number of carbonyl (C=O) groups is 1. The zero-order chi connectivity index (χ0) is 24.0. The van der Waals surface area contributed by atoms with Crippen molar-refractivity contribution in [2.75, 3.05) is 0 Å². The number of thiophene rings is 1. The van der Waals surface area contributed by atoms with E-state index in [9.17, 15) is 10.1 Å². The van der Waals surface area contributed by atoms with Gasteiger partial charge in [-0.15, -0.1) is 11.3 Å². The van der Waals surface area contributed by atoms with Crippen molar-refractivity contribution in [1.29, 1.82) is 5.26 Å². The van der Waals surface area contributed by atoms with Crippen LogP contribution >= 0.6 is 34.7 Å². The maximum Gasteiger partial charge on any atom is 0.264 e. The Morgan fingerprint density at radius 1 is 1.24 bits per heavy atom. The maximum absolute atomic E-state index is 12.7. The van der Waals surface area contributed by atoms with Crippen LogP contribution in [-0.4, -0.2) is 15.6 Å². The number of hydrogen-bond acceptors (Lipinski definition) is 5. The van der Waals surface area contributed by atoms with E-state index in [1.54, 1.807) is 11.3 Å². The number of hydrogen-bond donors (Lipinski definition) is 1. The van der Waals surface area contributed by atoms with E-state index in [0.717, 1.165) is 58.0 Å². The lowest BCUT2D eigenvalue weighted by Crippen LogP contribution is -2.19. The largest absolute Gasteiger partial charge is 0.308 e. The Bertz CT molecular complexity index is 1440. The molecule has 1 amide bonds. The fraction of sp³-hybridized carbons (Fsp3) is 0.269. The van der Waals surface area contributed by atoms with Gasteiger partial charge in [-0.3, -0.25) is 4.79 Å². The first kappa shape index (κ1) is 23.0. The van der Waals surface area contributed by atoms with Crippen LogP contribution in [0.15, 0.2) is 34.2 Å². The lowest BCUT2D eigenvalue weighted by Gasteiger charge is -2.10. The van der Waals surface area contributed by atoms with Crippen molar-refractivity contribution in [3.63, 3.8) is 0 Å². The molecule has 3 aromatic rings. The van der Waals surface area contributed by atoms with E-state index in [1.807, 2.05) is 45.0 Å². The van der Waals surface area contributed by atoms with Crippen LogP contribution in [0.25, 0.3) is 11.1 Å². The van der Waals surface area contributed by atoms with Gasteiger partial charge in [0.25, 0.3) is 5.91 Å². The van der Waals surface area contributed by atoms with Crippen molar-refractivity contribution >= 4 is 57.5 Å². The van der Waals surface area contributed by atoms with Crippen molar-refractivity contribution in [2.24, 2.45) is 4.99 Å². The van der Waals surface area contributed by atoms with E-state index in [1.165, 1.54) is 28.6 Å². The van der Waals surface area contributed by atoms with Crippen LogP contribution in [0.1, 0.15) is 51.4 Å². The molecule has 5 rings (SSSR count). The normalized spacial score (nSPS) is 17.8. The number of aromatic nitrogens is 1. The fourth-order valence-electron chi connectivity index (χ4n) is 4.52. The van der Waals surface area contributed by atoms with E-state index in [4.69, 9.17) is 11.6 Å². The molecule has 1 aliphatic heterocycles. The predicted octanol–water partition coefficient (Wildman–Crippen LogP) is 6.76. The van der Waals surface area contributed by atoms with Crippen LogP contribution in [0.4, 0.5) is 5.69 Å². The van der Waals surface area contributed by atoms with Crippen LogP contribution in [0.5, 0.6) is 0 Å². The molecule has 2 aliphatic rings. The van der Waals surface area contributed by atoms with Gasteiger partial charge in [0.1, 0.15) is 11.1 Å².